The highest BCUT2D eigenvalue weighted by Gasteiger charge is 2.06. The topological polar surface area (TPSA) is 62.5 Å². The summed E-state index contributed by atoms with van der Waals surface area (Å²) in [4.78, 5) is 8.75. The van der Waals surface area contributed by atoms with Crippen molar-refractivity contribution in [3.8, 4) is 0 Å². The highest BCUT2D eigenvalue weighted by Crippen LogP contribution is 2.16. The van der Waals surface area contributed by atoms with Gasteiger partial charge in [-0.2, -0.15) is 0 Å². The van der Waals surface area contributed by atoms with Crippen LogP contribution in [0.25, 0.3) is 0 Å². The van der Waals surface area contributed by atoms with E-state index in [1.165, 1.54) is 6.07 Å². The van der Waals surface area contributed by atoms with Crippen molar-refractivity contribution in [1.82, 2.24) is 15.6 Å². The standard InChI is InChI=1S/C16H20ClFN4O.HI/c1-4-19-16(21-9-15-22-10(2)11(3)23-15)20-8-12-5-6-14(18)13(17)7-12;/h5-7H,4,8-9H2,1-3H3,(H2,19,20,21);1H. The number of guanidine groups is 1. The van der Waals surface area contributed by atoms with E-state index in [9.17, 15) is 4.39 Å². The fourth-order valence-corrected chi connectivity index (χ4v) is 2.13. The van der Waals surface area contributed by atoms with Crippen LogP contribution in [-0.2, 0) is 13.1 Å². The maximum Gasteiger partial charge on any atom is 0.214 e. The fourth-order valence-electron chi connectivity index (χ4n) is 1.92. The monoisotopic (exact) mass is 466 g/mol. The van der Waals surface area contributed by atoms with Crippen molar-refractivity contribution in [2.75, 3.05) is 6.54 Å². The third-order valence-electron chi connectivity index (χ3n) is 3.23. The van der Waals surface area contributed by atoms with Crippen molar-refractivity contribution < 1.29 is 8.81 Å². The summed E-state index contributed by atoms with van der Waals surface area (Å²) in [5.41, 5.74) is 1.71. The molecule has 132 valence electrons. The van der Waals surface area contributed by atoms with E-state index in [1.807, 2.05) is 20.8 Å². The summed E-state index contributed by atoms with van der Waals surface area (Å²) in [5.74, 6) is 1.61. The van der Waals surface area contributed by atoms with Crippen molar-refractivity contribution >= 4 is 41.5 Å². The second-order valence-electron chi connectivity index (χ2n) is 5.05. The second kappa shape index (κ2) is 9.83. The SMILES string of the molecule is CCNC(=NCc1ccc(F)c(Cl)c1)NCc1nc(C)c(C)o1.I. The number of oxazole rings is 1. The lowest BCUT2D eigenvalue weighted by atomic mass is 10.2. The van der Waals surface area contributed by atoms with Crippen LogP contribution >= 0.6 is 35.6 Å². The number of aryl methyl sites for hydroxylation is 2. The summed E-state index contributed by atoms with van der Waals surface area (Å²) in [6.45, 7) is 7.30. The lowest BCUT2D eigenvalue weighted by Gasteiger charge is -2.10. The van der Waals surface area contributed by atoms with E-state index < -0.39 is 5.82 Å². The van der Waals surface area contributed by atoms with E-state index in [1.54, 1.807) is 12.1 Å². The molecule has 24 heavy (non-hydrogen) atoms. The van der Waals surface area contributed by atoms with Crippen molar-refractivity contribution in [1.29, 1.82) is 0 Å². The Hall–Kier alpha value is -1.35. The zero-order valence-electron chi connectivity index (χ0n) is 13.8. The number of aromatic nitrogens is 1. The molecule has 1 aromatic heterocycles. The van der Waals surface area contributed by atoms with Gasteiger partial charge in [0.25, 0.3) is 0 Å². The molecule has 2 aromatic rings. The highest BCUT2D eigenvalue weighted by atomic mass is 127. The van der Waals surface area contributed by atoms with Crippen molar-refractivity contribution in [2.24, 2.45) is 4.99 Å². The predicted octanol–water partition coefficient (Wildman–Crippen LogP) is 3.96. The van der Waals surface area contributed by atoms with Crippen LogP contribution < -0.4 is 10.6 Å². The number of hydrogen-bond donors (Lipinski definition) is 2. The Kier molecular flexibility index (Phi) is 8.47. The van der Waals surface area contributed by atoms with E-state index in [2.05, 4.69) is 20.6 Å². The number of nitrogens with zero attached hydrogens (tertiary/aromatic N) is 2. The van der Waals surface area contributed by atoms with Gasteiger partial charge >= 0.3 is 0 Å². The van der Waals surface area contributed by atoms with Crippen LogP contribution in [0.2, 0.25) is 5.02 Å². The van der Waals surface area contributed by atoms with E-state index in [4.69, 9.17) is 16.0 Å². The molecule has 0 fully saturated rings. The van der Waals surface area contributed by atoms with Gasteiger partial charge in [-0.05, 0) is 38.5 Å². The molecule has 0 saturated carbocycles. The quantitative estimate of drug-likeness (QED) is 0.398. The summed E-state index contributed by atoms with van der Waals surface area (Å²) in [7, 11) is 0. The molecule has 0 spiro atoms. The molecule has 0 aliphatic heterocycles. The average Bonchev–Trinajstić information content (AvgIpc) is 2.84. The summed E-state index contributed by atoms with van der Waals surface area (Å²) in [6.07, 6.45) is 0. The zero-order valence-corrected chi connectivity index (χ0v) is 16.9. The minimum Gasteiger partial charge on any atom is -0.444 e. The Morgan fingerprint density at radius 3 is 2.67 bits per heavy atom. The van der Waals surface area contributed by atoms with E-state index >= 15 is 0 Å². The minimum atomic E-state index is -0.431. The van der Waals surface area contributed by atoms with Gasteiger partial charge in [-0.1, -0.05) is 17.7 Å². The molecular formula is C16H21ClFIN4O. The Bertz CT molecular complexity index is 686. The second-order valence-corrected chi connectivity index (χ2v) is 5.45. The first-order chi connectivity index (χ1) is 11.0. The number of nitrogens with one attached hydrogen (secondary N) is 2. The summed E-state index contributed by atoms with van der Waals surface area (Å²) < 4.78 is 18.7. The molecule has 5 nitrogen and oxygen atoms in total. The van der Waals surface area contributed by atoms with Crippen LogP contribution in [0.5, 0.6) is 0 Å². The first-order valence-corrected chi connectivity index (χ1v) is 7.76. The number of halogens is 3. The van der Waals surface area contributed by atoms with Gasteiger partial charge in [0.05, 0.1) is 23.8 Å². The van der Waals surface area contributed by atoms with Crippen molar-refractivity contribution in [3.05, 3.63) is 51.9 Å². The molecular weight excluding hydrogens is 446 g/mol. The number of rotatable bonds is 5. The fraction of sp³-hybridized carbons (Fsp3) is 0.375. The third-order valence-corrected chi connectivity index (χ3v) is 3.52. The molecule has 2 rings (SSSR count). The molecule has 0 amide bonds. The molecule has 0 atom stereocenters. The largest absolute Gasteiger partial charge is 0.444 e. The summed E-state index contributed by atoms with van der Waals surface area (Å²) in [5, 5.41) is 6.38. The Morgan fingerprint density at radius 2 is 2.08 bits per heavy atom. The molecule has 1 aromatic carbocycles. The van der Waals surface area contributed by atoms with E-state index in [0.717, 1.165) is 23.6 Å². The van der Waals surface area contributed by atoms with Crippen LogP contribution in [0.1, 0.15) is 29.8 Å². The van der Waals surface area contributed by atoms with E-state index in [-0.39, 0.29) is 29.0 Å². The lowest BCUT2D eigenvalue weighted by molar-refractivity contribution is 0.463. The van der Waals surface area contributed by atoms with Crippen LogP contribution in [0, 0.1) is 19.7 Å². The maximum absolute atomic E-state index is 13.2. The van der Waals surface area contributed by atoms with Crippen LogP contribution in [0.4, 0.5) is 4.39 Å². The highest BCUT2D eigenvalue weighted by molar-refractivity contribution is 14.0. The first kappa shape index (κ1) is 20.7. The molecule has 0 aliphatic rings. The van der Waals surface area contributed by atoms with Gasteiger partial charge in [0.1, 0.15) is 11.6 Å². The predicted molar refractivity (Wildman–Crippen MR) is 104 cm³/mol. The number of hydrogen-bond acceptors (Lipinski definition) is 3. The van der Waals surface area contributed by atoms with Crippen molar-refractivity contribution in [3.63, 3.8) is 0 Å². The maximum atomic E-state index is 13.2. The normalized spacial score (nSPS) is 11.1. The molecule has 0 bridgehead atoms. The van der Waals surface area contributed by atoms with Gasteiger partial charge in [0.15, 0.2) is 5.96 Å². The van der Waals surface area contributed by atoms with Gasteiger partial charge in [-0.15, -0.1) is 24.0 Å². The average molecular weight is 467 g/mol. The van der Waals surface area contributed by atoms with Crippen LogP contribution in [0.15, 0.2) is 27.6 Å². The third kappa shape index (κ3) is 5.94. The Labute approximate surface area is 163 Å². The van der Waals surface area contributed by atoms with Gasteiger partial charge < -0.3 is 15.1 Å². The summed E-state index contributed by atoms with van der Waals surface area (Å²) in [6, 6.07) is 4.58. The first-order valence-electron chi connectivity index (χ1n) is 7.38. The van der Waals surface area contributed by atoms with Crippen LogP contribution in [0.3, 0.4) is 0 Å². The van der Waals surface area contributed by atoms with E-state index in [0.29, 0.717) is 24.9 Å². The van der Waals surface area contributed by atoms with Crippen molar-refractivity contribution in [2.45, 2.75) is 33.9 Å². The number of aliphatic imine (C=N–C) groups is 1. The van der Waals surface area contributed by atoms with Gasteiger partial charge in [0, 0.05) is 6.54 Å². The molecule has 0 unspecified atom stereocenters. The molecule has 0 saturated heterocycles. The number of benzene rings is 1. The smallest absolute Gasteiger partial charge is 0.214 e. The van der Waals surface area contributed by atoms with Gasteiger partial charge in [-0.25, -0.2) is 14.4 Å². The Morgan fingerprint density at radius 1 is 1.33 bits per heavy atom. The molecule has 0 aliphatic carbocycles. The minimum absolute atomic E-state index is 0. The van der Waals surface area contributed by atoms with Gasteiger partial charge in [-0.3, -0.25) is 0 Å². The molecule has 1 heterocycles. The van der Waals surface area contributed by atoms with Gasteiger partial charge in [0.2, 0.25) is 5.89 Å². The Balaban J connectivity index is 0.00000288. The molecule has 2 N–H and O–H groups in total. The molecule has 0 radical (unpaired) electrons. The lowest BCUT2D eigenvalue weighted by Crippen LogP contribution is -2.36. The zero-order chi connectivity index (χ0) is 16.8. The summed E-state index contributed by atoms with van der Waals surface area (Å²) >= 11 is 5.77. The molecule has 8 heteroatoms. The van der Waals surface area contributed by atoms with Crippen LogP contribution in [-0.4, -0.2) is 17.5 Å².